The maximum Gasteiger partial charge on any atom is 0.0330 e. The van der Waals surface area contributed by atoms with Gasteiger partial charge in [-0.25, -0.2) is 0 Å². The minimum atomic E-state index is 0.621. The average Bonchev–Trinajstić information content (AvgIpc) is 2.06. The van der Waals surface area contributed by atoms with Crippen molar-refractivity contribution in [3.05, 3.63) is 11.8 Å². The Morgan fingerprint density at radius 2 is 1.85 bits per heavy atom. The first kappa shape index (κ1) is 14.7. The van der Waals surface area contributed by atoms with Crippen LogP contribution in [0, 0.1) is 5.92 Å². The fraction of sp³-hybridized carbons (Fsp3) is 0.727. The molecule has 0 aliphatic rings. The zero-order valence-electron chi connectivity index (χ0n) is 9.89. The van der Waals surface area contributed by atoms with Crippen molar-refractivity contribution in [3.63, 3.8) is 0 Å². The highest BCUT2D eigenvalue weighted by Crippen LogP contribution is 2.04. The van der Waals surface area contributed by atoms with Crippen molar-refractivity contribution in [2.24, 2.45) is 16.6 Å². The van der Waals surface area contributed by atoms with Gasteiger partial charge in [0.2, 0.25) is 0 Å². The topological polar surface area (TPSA) is 38.4 Å². The molecule has 0 radical (unpaired) electrons. The first-order valence-corrected chi connectivity index (χ1v) is 4.95. The zero-order valence-corrected chi connectivity index (χ0v) is 9.89. The normalized spacial score (nSPS) is 12.5. The summed E-state index contributed by atoms with van der Waals surface area (Å²) in [6.07, 6.45) is 2.88. The molecule has 2 nitrogen and oxygen atoms in total. The maximum atomic E-state index is 5.73. The summed E-state index contributed by atoms with van der Waals surface area (Å²) in [7, 11) is 1.77. The second-order valence-electron chi connectivity index (χ2n) is 3.18. The zero-order chi connectivity index (χ0) is 10.9. The number of hydrogen-bond acceptors (Lipinski definition) is 2. The van der Waals surface area contributed by atoms with Crippen LogP contribution in [0.3, 0.4) is 0 Å². The Balaban J connectivity index is 0. The summed E-state index contributed by atoms with van der Waals surface area (Å²) >= 11 is 0. The van der Waals surface area contributed by atoms with Crippen LogP contribution < -0.4 is 5.73 Å². The number of nitrogens with zero attached hydrogens (tertiary/aromatic N) is 1. The summed E-state index contributed by atoms with van der Waals surface area (Å²) in [5.74, 6) is 0.621. The predicted molar refractivity (Wildman–Crippen MR) is 62.1 cm³/mol. The van der Waals surface area contributed by atoms with Gasteiger partial charge in [-0.2, -0.15) is 0 Å². The standard InChI is InChI=1S/C9H18N2.C2H6/c1-7(2)5-9(10)6-8(3)11-4;1-2/h6-7H,5,10H2,1-4H3;1-2H3/b9-6-,11-8?;. The molecule has 0 aromatic heterocycles. The van der Waals surface area contributed by atoms with Crippen molar-refractivity contribution >= 4 is 5.71 Å². The van der Waals surface area contributed by atoms with E-state index in [1.165, 1.54) is 0 Å². The molecule has 0 amide bonds. The van der Waals surface area contributed by atoms with Crippen molar-refractivity contribution in [2.45, 2.75) is 41.0 Å². The van der Waals surface area contributed by atoms with Gasteiger partial charge < -0.3 is 5.73 Å². The molecule has 0 saturated carbocycles. The van der Waals surface area contributed by atoms with E-state index in [1.54, 1.807) is 7.05 Å². The van der Waals surface area contributed by atoms with Crippen LogP contribution in [0.2, 0.25) is 0 Å². The van der Waals surface area contributed by atoms with Crippen LogP contribution in [0.4, 0.5) is 0 Å². The summed E-state index contributed by atoms with van der Waals surface area (Å²) in [4.78, 5) is 4.00. The van der Waals surface area contributed by atoms with E-state index in [0.717, 1.165) is 17.8 Å². The fourth-order valence-corrected chi connectivity index (χ4v) is 0.863. The smallest absolute Gasteiger partial charge is 0.0330 e. The van der Waals surface area contributed by atoms with Gasteiger partial charge in [-0.1, -0.05) is 27.7 Å². The highest BCUT2D eigenvalue weighted by molar-refractivity contribution is 5.93. The number of aliphatic imine (C=N–C) groups is 1. The summed E-state index contributed by atoms with van der Waals surface area (Å²) in [5, 5.41) is 0. The lowest BCUT2D eigenvalue weighted by Crippen LogP contribution is -2.03. The van der Waals surface area contributed by atoms with E-state index in [2.05, 4.69) is 18.8 Å². The van der Waals surface area contributed by atoms with Crippen LogP contribution >= 0.6 is 0 Å². The quantitative estimate of drug-likeness (QED) is 0.673. The summed E-state index contributed by atoms with van der Waals surface area (Å²) in [5.41, 5.74) is 7.64. The summed E-state index contributed by atoms with van der Waals surface area (Å²) in [6, 6.07) is 0. The van der Waals surface area contributed by atoms with Crippen LogP contribution in [0.25, 0.3) is 0 Å². The number of nitrogens with two attached hydrogens (primary N) is 1. The lowest BCUT2D eigenvalue weighted by Gasteiger charge is -2.03. The lowest BCUT2D eigenvalue weighted by atomic mass is 10.1. The monoisotopic (exact) mass is 184 g/mol. The molecule has 78 valence electrons. The van der Waals surface area contributed by atoms with Gasteiger partial charge >= 0.3 is 0 Å². The first-order valence-electron chi connectivity index (χ1n) is 4.95. The molecule has 0 aliphatic heterocycles. The molecule has 0 aromatic rings. The van der Waals surface area contributed by atoms with E-state index in [1.807, 2.05) is 26.8 Å². The van der Waals surface area contributed by atoms with E-state index in [-0.39, 0.29) is 0 Å². The third kappa shape index (κ3) is 11.2. The Morgan fingerprint density at radius 3 is 2.15 bits per heavy atom. The van der Waals surface area contributed by atoms with Gasteiger partial charge in [-0.05, 0) is 25.3 Å². The third-order valence-corrected chi connectivity index (χ3v) is 1.39. The van der Waals surface area contributed by atoms with Crippen molar-refractivity contribution in [3.8, 4) is 0 Å². The molecule has 0 heterocycles. The molecule has 13 heavy (non-hydrogen) atoms. The second kappa shape index (κ2) is 9.30. The molecule has 0 spiro atoms. The highest BCUT2D eigenvalue weighted by Gasteiger charge is 1.95. The molecular weight excluding hydrogens is 160 g/mol. The molecule has 0 aromatic carbocycles. The molecule has 0 rings (SSSR count). The van der Waals surface area contributed by atoms with Gasteiger partial charge in [-0.3, -0.25) is 4.99 Å². The number of allylic oxidation sites excluding steroid dienone is 2. The second-order valence-corrected chi connectivity index (χ2v) is 3.18. The van der Waals surface area contributed by atoms with Gasteiger partial charge in [0.25, 0.3) is 0 Å². The Hall–Kier alpha value is -0.790. The van der Waals surface area contributed by atoms with Crippen molar-refractivity contribution in [1.29, 1.82) is 0 Å². The Morgan fingerprint density at radius 1 is 1.38 bits per heavy atom. The molecule has 2 heteroatoms. The van der Waals surface area contributed by atoms with Crippen LogP contribution in [-0.4, -0.2) is 12.8 Å². The largest absolute Gasteiger partial charge is 0.402 e. The highest BCUT2D eigenvalue weighted by atomic mass is 14.7. The van der Waals surface area contributed by atoms with Gasteiger partial charge in [0, 0.05) is 18.5 Å². The SMILES string of the molecule is CC.CN=C(C)/C=C(\N)CC(C)C. The van der Waals surface area contributed by atoms with Gasteiger partial charge in [0.15, 0.2) is 0 Å². The van der Waals surface area contributed by atoms with Crippen molar-refractivity contribution in [2.75, 3.05) is 7.05 Å². The molecule has 0 saturated heterocycles. The van der Waals surface area contributed by atoms with Crippen LogP contribution in [0.1, 0.15) is 41.0 Å². The Bertz CT molecular complexity index is 167. The van der Waals surface area contributed by atoms with E-state index < -0.39 is 0 Å². The van der Waals surface area contributed by atoms with Crippen LogP contribution in [0.15, 0.2) is 16.8 Å². The Kier molecular flexibility index (Phi) is 10.5. The molecule has 0 atom stereocenters. The molecule has 0 unspecified atom stereocenters. The average molecular weight is 184 g/mol. The minimum Gasteiger partial charge on any atom is -0.402 e. The van der Waals surface area contributed by atoms with Crippen LogP contribution in [0.5, 0.6) is 0 Å². The number of hydrogen-bond donors (Lipinski definition) is 1. The predicted octanol–water partition coefficient (Wildman–Crippen LogP) is 2.99. The molecular formula is C11H24N2. The maximum absolute atomic E-state index is 5.73. The Labute approximate surface area is 82.9 Å². The third-order valence-electron chi connectivity index (χ3n) is 1.39. The molecule has 0 bridgehead atoms. The van der Waals surface area contributed by atoms with Gasteiger partial charge in [-0.15, -0.1) is 0 Å². The van der Waals surface area contributed by atoms with Crippen molar-refractivity contribution < 1.29 is 0 Å². The lowest BCUT2D eigenvalue weighted by molar-refractivity contribution is 0.638. The first-order chi connectivity index (χ1) is 6.06. The molecule has 0 aliphatic carbocycles. The van der Waals surface area contributed by atoms with E-state index in [0.29, 0.717) is 5.92 Å². The van der Waals surface area contributed by atoms with Gasteiger partial charge in [0.05, 0.1) is 0 Å². The van der Waals surface area contributed by atoms with E-state index in [9.17, 15) is 0 Å². The summed E-state index contributed by atoms with van der Waals surface area (Å²) < 4.78 is 0. The number of rotatable bonds is 3. The van der Waals surface area contributed by atoms with E-state index in [4.69, 9.17) is 5.73 Å². The van der Waals surface area contributed by atoms with Gasteiger partial charge in [0.1, 0.15) is 0 Å². The molecule has 0 fully saturated rings. The molecule has 2 N–H and O–H groups in total. The van der Waals surface area contributed by atoms with Crippen molar-refractivity contribution in [1.82, 2.24) is 0 Å². The minimum absolute atomic E-state index is 0.621. The van der Waals surface area contributed by atoms with E-state index >= 15 is 0 Å². The fourth-order valence-electron chi connectivity index (χ4n) is 0.863. The summed E-state index contributed by atoms with van der Waals surface area (Å²) in [6.45, 7) is 10.3. The van der Waals surface area contributed by atoms with Crippen LogP contribution in [-0.2, 0) is 0 Å².